The molecular weight excluding hydrogens is 412 g/mol. The Morgan fingerprint density at radius 3 is 2.54 bits per heavy atom. The molecular formula is C19H18ClF2NO4S. The first kappa shape index (κ1) is 19.6. The first-order valence-corrected chi connectivity index (χ1v) is 10.7. The van der Waals surface area contributed by atoms with Crippen LogP contribution in [0.1, 0.15) is 18.4 Å². The second-order valence-electron chi connectivity index (χ2n) is 7.03. The number of fused-ring (bicyclic) bond motifs is 3. The summed E-state index contributed by atoms with van der Waals surface area (Å²) in [5.74, 6) is -2.04. The third-order valence-electron chi connectivity index (χ3n) is 5.56. The predicted octanol–water partition coefficient (Wildman–Crippen LogP) is 2.79. The molecule has 2 aliphatic rings. The number of hydrogen-bond acceptors (Lipinski definition) is 5. The molecule has 1 saturated heterocycles. The van der Waals surface area contributed by atoms with Gasteiger partial charge in [0.1, 0.15) is 17.2 Å². The van der Waals surface area contributed by atoms with Gasteiger partial charge in [0.2, 0.25) is 0 Å². The van der Waals surface area contributed by atoms with E-state index in [1.165, 1.54) is 24.3 Å². The van der Waals surface area contributed by atoms with Gasteiger partial charge >= 0.3 is 0 Å². The second-order valence-corrected chi connectivity index (χ2v) is 9.67. The summed E-state index contributed by atoms with van der Waals surface area (Å²) in [4.78, 5) is -0.0392. The van der Waals surface area contributed by atoms with Crippen molar-refractivity contribution in [2.75, 3.05) is 13.2 Å². The Morgan fingerprint density at radius 2 is 1.86 bits per heavy atom. The highest BCUT2D eigenvalue weighted by atomic mass is 35.5. The van der Waals surface area contributed by atoms with Crippen molar-refractivity contribution < 1.29 is 27.0 Å². The van der Waals surface area contributed by atoms with Crippen LogP contribution in [0.15, 0.2) is 41.3 Å². The van der Waals surface area contributed by atoms with Crippen LogP contribution in [-0.4, -0.2) is 38.8 Å². The van der Waals surface area contributed by atoms with Crippen LogP contribution in [0.3, 0.4) is 0 Å². The molecule has 2 N–H and O–H groups in total. The molecule has 1 unspecified atom stereocenters. The number of aliphatic hydroxyl groups excluding tert-OH is 1. The highest BCUT2D eigenvalue weighted by Crippen LogP contribution is 2.52. The summed E-state index contributed by atoms with van der Waals surface area (Å²) < 4.78 is 60.6. The molecule has 4 rings (SSSR count). The van der Waals surface area contributed by atoms with Gasteiger partial charge in [-0.05, 0) is 49.2 Å². The van der Waals surface area contributed by atoms with Crippen LogP contribution in [0.2, 0.25) is 5.02 Å². The smallest absolute Gasteiger partial charge is 0.190 e. The van der Waals surface area contributed by atoms with Gasteiger partial charge in [0.05, 0.1) is 23.1 Å². The number of aliphatic hydroxyl groups is 1. The Kier molecular flexibility index (Phi) is 4.86. The van der Waals surface area contributed by atoms with Crippen molar-refractivity contribution in [2.24, 2.45) is 0 Å². The van der Waals surface area contributed by atoms with E-state index < -0.39 is 32.3 Å². The van der Waals surface area contributed by atoms with Gasteiger partial charge in [0, 0.05) is 11.1 Å². The summed E-state index contributed by atoms with van der Waals surface area (Å²) in [6.07, 6.45) is 0.285. The van der Waals surface area contributed by atoms with Gasteiger partial charge < -0.3 is 15.2 Å². The maximum atomic E-state index is 14.9. The lowest BCUT2D eigenvalue weighted by molar-refractivity contribution is 0.112. The zero-order valence-electron chi connectivity index (χ0n) is 14.7. The van der Waals surface area contributed by atoms with E-state index in [1.54, 1.807) is 0 Å². The summed E-state index contributed by atoms with van der Waals surface area (Å²) in [7, 11) is -4.17. The molecule has 0 amide bonds. The Balaban J connectivity index is 1.99. The summed E-state index contributed by atoms with van der Waals surface area (Å²) in [6, 6.07) is 6.20. The number of benzene rings is 2. The molecule has 0 bridgehead atoms. The Hall–Kier alpha value is -1.74. The Labute approximate surface area is 166 Å². The molecule has 0 spiro atoms. The van der Waals surface area contributed by atoms with Gasteiger partial charge in [-0.1, -0.05) is 11.6 Å². The standard InChI is InChI=1S/C19H18ClF2NO4S/c20-11-1-3-13(4-2-11)28(25,26)19-8-7-12(9-24)23-16(19)10-27-18-15(22)6-5-14(21)17(18)19/h1-6,12,16,23-24H,7-10H2/t12-,16?,19-/m0/s1. The number of nitrogens with one attached hydrogen (secondary N) is 1. The number of ether oxygens (including phenoxy) is 1. The van der Waals surface area contributed by atoms with Crippen molar-refractivity contribution in [3.63, 3.8) is 0 Å². The molecule has 1 fully saturated rings. The summed E-state index contributed by atoms with van der Waals surface area (Å²) >= 11 is 5.88. The third kappa shape index (κ3) is 2.74. The average molecular weight is 430 g/mol. The van der Waals surface area contributed by atoms with Gasteiger partial charge in [0.15, 0.2) is 21.4 Å². The fourth-order valence-electron chi connectivity index (χ4n) is 4.21. The van der Waals surface area contributed by atoms with E-state index in [0.29, 0.717) is 5.02 Å². The van der Waals surface area contributed by atoms with Crippen LogP contribution < -0.4 is 10.1 Å². The zero-order valence-corrected chi connectivity index (χ0v) is 16.2. The lowest BCUT2D eigenvalue weighted by atomic mass is 9.79. The van der Waals surface area contributed by atoms with Crippen LogP contribution in [0, 0.1) is 11.6 Å². The predicted molar refractivity (Wildman–Crippen MR) is 99.2 cm³/mol. The minimum atomic E-state index is -4.17. The van der Waals surface area contributed by atoms with Crippen molar-refractivity contribution in [1.82, 2.24) is 5.32 Å². The van der Waals surface area contributed by atoms with Gasteiger partial charge in [-0.25, -0.2) is 17.2 Å². The fourth-order valence-corrected chi connectivity index (χ4v) is 6.60. The maximum absolute atomic E-state index is 14.9. The van der Waals surface area contributed by atoms with Gasteiger partial charge in [0.25, 0.3) is 0 Å². The molecule has 3 atom stereocenters. The number of rotatable bonds is 3. The first-order chi connectivity index (χ1) is 13.3. The molecule has 150 valence electrons. The quantitative estimate of drug-likeness (QED) is 0.784. The number of halogens is 3. The van der Waals surface area contributed by atoms with E-state index in [-0.39, 0.29) is 48.3 Å². The molecule has 2 heterocycles. The van der Waals surface area contributed by atoms with Crippen LogP contribution in [-0.2, 0) is 14.6 Å². The van der Waals surface area contributed by atoms with Crippen LogP contribution in [0.5, 0.6) is 5.75 Å². The third-order valence-corrected chi connectivity index (χ3v) is 8.36. The van der Waals surface area contributed by atoms with Crippen LogP contribution >= 0.6 is 11.6 Å². The number of sulfone groups is 1. The van der Waals surface area contributed by atoms with E-state index in [1.807, 2.05) is 0 Å². The van der Waals surface area contributed by atoms with Gasteiger partial charge in [-0.15, -0.1) is 0 Å². The number of hydrogen-bond donors (Lipinski definition) is 2. The number of piperidine rings is 1. The molecule has 2 aromatic rings. The maximum Gasteiger partial charge on any atom is 0.190 e. The van der Waals surface area contributed by atoms with Crippen molar-refractivity contribution >= 4 is 21.4 Å². The molecule has 2 aromatic carbocycles. The molecule has 5 nitrogen and oxygen atoms in total. The minimum Gasteiger partial charge on any atom is -0.488 e. The molecule has 0 aromatic heterocycles. The minimum absolute atomic E-state index is 0.0115. The second kappa shape index (κ2) is 6.95. The van der Waals surface area contributed by atoms with Crippen LogP contribution in [0.4, 0.5) is 8.78 Å². The summed E-state index contributed by atoms with van der Waals surface area (Å²) in [5.41, 5.74) is -0.303. The van der Waals surface area contributed by atoms with Crippen molar-refractivity contribution in [1.29, 1.82) is 0 Å². The largest absolute Gasteiger partial charge is 0.488 e. The first-order valence-electron chi connectivity index (χ1n) is 8.79. The molecule has 2 aliphatic heterocycles. The molecule has 0 saturated carbocycles. The topological polar surface area (TPSA) is 75.6 Å². The van der Waals surface area contributed by atoms with Crippen molar-refractivity contribution in [2.45, 2.75) is 34.6 Å². The highest BCUT2D eigenvalue weighted by molar-refractivity contribution is 7.92. The Morgan fingerprint density at radius 1 is 1.18 bits per heavy atom. The van der Waals surface area contributed by atoms with E-state index >= 15 is 0 Å². The van der Waals surface area contributed by atoms with Crippen LogP contribution in [0.25, 0.3) is 0 Å². The Bertz CT molecular complexity index is 1020. The lowest BCUT2D eigenvalue weighted by Crippen LogP contribution is -2.64. The van der Waals surface area contributed by atoms with Crippen molar-refractivity contribution in [3.8, 4) is 5.75 Å². The van der Waals surface area contributed by atoms with E-state index in [0.717, 1.165) is 12.1 Å². The molecule has 9 heteroatoms. The molecule has 0 aliphatic carbocycles. The normalized spacial score (nSPS) is 26.9. The van der Waals surface area contributed by atoms with E-state index in [9.17, 15) is 22.3 Å². The van der Waals surface area contributed by atoms with Gasteiger partial charge in [-0.3, -0.25) is 0 Å². The fraction of sp³-hybridized carbons (Fsp3) is 0.368. The lowest BCUT2D eigenvalue weighted by Gasteiger charge is -2.49. The summed E-state index contributed by atoms with van der Waals surface area (Å²) in [6.45, 7) is -0.372. The highest BCUT2D eigenvalue weighted by Gasteiger charge is 2.59. The SMILES string of the molecule is O=S(=O)(c1ccc(Cl)cc1)[C@@]12CC[C@@H](CO)NC1COc1c(F)ccc(F)c12. The zero-order chi connectivity index (χ0) is 20.1. The monoisotopic (exact) mass is 429 g/mol. The van der Waals surface area contributed by atoms with Crippen molar-refractivity contribution in [3.05, 3.63) is 58.6 Å². The molecule has 0 radical (unpaired) electrons. The average Bonchev–Trinajstić information content (AvgIpc) is 2.69. The molecule has 28 heavy (non-hydrogen) atoms. The van der Waals surface area contributed by atoms with E-state index in [2.05, 4.69) is 5.32 Å². The van der Waals surface area contributed by atoms with Gasteiger partial charge in [-0.2, -0.15) is 0 Å². The summed E-state index contributed by atoms with van der Waals surface area (Å²) in [5, 5.41) is 12.9. The van der Waals surface area contributed by atoms with E-state index in [4.69, 9.17) is 16.3 Å².